The topological polar surface area (TPSA) is 29.3 Å². The lowest BCUT2D eigenvalue weighted by atomic mass is 9.90. The van der Waals surface area contributed by atoms with Gasteiger partial charge in [-0.15, -0.1) is 0 Å². The van der Waals surface area contributed by atoms with Gasteiger partial charge in [0.2, 0.25) is 0 Å². The standard InChI is InChI=1S/C10H18N2.C2H6/c1-7-6-12-5-3-4-9(12)8(2)10(7)11;1-2/h8-9H,3-6,11H2,1-2H3;1-2H3. The molecule has 2 atom stereocenters. The van der Waals surface area contributed by atoms with Gasteiger partial charge in [-0.2, -0.15) is 0 Å². The molecule has 0 bridgehead atoms. The van der Waals surface area contributed by atoms with Gasteiger partial charge >= 0.3 is 0 Å². The van der Waals surface area contributed by atoms with Crippen LogP contribution in [0, 0.1) is 5.92 Å². The second-order valence-corrected chi connectivity index (χ2v) is 4.20. The van der Waals surface area contributed by atoms with Crippen molar-refractivity contribution in [3.05, 3.63) is 11.3 Å². The monoisotopic (exact) mass is 196 g/mol. The van der Waals surface area contributed by atoms with E-state index >= 15 is 0 Å². The van der Waals surface area contributed by atoms with E-state index in [1.54, 1.807) is 0 Å². The molecule has 2 N–H and O–H groups in total. The van der Waals surface area contributed by atoms with E-state index < -0.39 is 0 Å². The lowest BCUT2D eigenvalue weighted by Gasteiger charge is -2.36. The van der Waals surface area contributed by atoms with Crippen LogP contribution in [0.4, 0.5) is 0 Å². The van der Waals surface area contributed by atoms with E-state index in [0.29, 0.717) is 5.92 Å². The average Bonchev–Trinajstić information content (AvgIpc) is 2.65. The molecular formula is C12H24N2. The van der Waals surface area contributed by atoms with Crippen molar-refractivity contribution >= 4 is 0 Å². The SMILES string of the molecule is CC.CC1=C(N)C(C)C2CCCN2C1. The summed E-state index contributed by atoms with van der Waals surface area (Å²) in [4.78, 5) is 2.58. The van der Waals surface area contributed by atoms with Crippen LogP contribution in [0.2, 0.25) is 0 Å². The van der Waals surface area contributed by atoms with E-state index in [2.05, 4.69) is 18.7 Å². The number of nitrogens with zero attached hydrogens (tertiary/aromatic N) is 1. The summed E-state index contributed by atoms with van der Waals surface area (Å²) in [6, 6.07) is 0.744. The van der Waals surface area contributed by atoms with Crippen LogP contribution in [0.3, 0.4) is 0 Å². The Balaban J connectivity index is 0.000000461. The van der Waals surface area contributed by atoms with Gasteiger partial charge in [0.25, 0.3) is 0 Å². The smallest absolute Gasteiger partial charge is 0.0213 e. The molecule has 0 aromatic rings. The molecule has 0 aromatic carbocycles. The highest BCUT2D eigenvalue weighted by Gasteiger charge is 2.34. The van der Waals surface area contributed by atoms with Gasteiger partial charge in [-0.3, -0.25) is 4.90 Å². The minimum atomic E-state index is 0.584. The van der Waals surface area contributed by atoms with Crippen molar-refractivity contribution in [2.45, 2.75) is 46.6 Å². The third-order valence-electron chi connectivity index (χ3n) is 3.42. The van der Waals surface area contributed by atoms with E-state index in [9.17, 15) is 0 Å². The summed E-state index contributed by atoms with van der Waals surface area (Å²) < 4.78 is 0. The van der Waals surface area contributed by atoms with Crippen LogP contribution >= 0.6 is 0 Å². The van der Waals surface area contributed by atoms with Crippen molar-refractivity contribution in [2.75, 3.05) is 13.1 Å². The zero-order valence-corrected chi connectivity index (χ0v) is 10.0. The number of hydrogen-bond acceptors (Lipinski definition) is 2. The number of fused-ring (bicyclic) bond motifs is 1. The first-order valence-electron chi connectivity index (χ1n) is 5.89. The molecule has 2 heteroatoms. The van der Waals surface area contributed by atoms with Crippen molar-refractivity contribution in [2.24, 2.45) is 11.7 Å². The van der Waals surface area contributed by atoms with Gasteiger partial charge in [0.05, 0.1) is 0 Å². The quantitative estimate of drug-likeness (QED) is 0.644. The summed E-state index contributed by atoms with van der Waals surface area (Å²) in [5.74, 6) is 0.584. The van der Waals surface area contributed by atoms with Gasteiger partial charge in [-0.05, 0) is 31.9 Å². The Morgan fingerprint density at radius 3 is 2.64 bits per heavy atom. The molecule has 0 amide bonds. The van der Waals surface area contributed by atoms with E-state index in [-0.39, 0.29) is 0 Å². The Morgan fingerprint density at radius 1 is 1.36 bits per heavy atom. The third-order valence-corrected chi connectivity index (χ3v) is 3.42. The molecule has 2 aliphatic heterocycles. The van der Waals surface area contributed by atoms with E-state index in [4.69, 9.17) is 5.73 Å². The Kier molecular flexibility index (Phi) is 3.99. The molecule has 2 aliphatic rings. The Bertz CT molecular complexity index is 220. The fourth-order valence-electron chi connectivity index (χ4n) is 2.61. The largest absolute Gasteiger partial charge is 0.402 e. The normalized spacial score (nSPS) is 32.3. The summed E-state index contributed by atoms with van der Waals surface area (Å²) in [6.07, 6.45) is 2.70. The highest BCUT2D eigenvalue weighted by Crippen LogP contribution is 2.32. The maximum absolute atomic E-state index is 6.03. The average molecular weight is 196 g/mol. The van der Waals surface area contributed by atoms with Crippen molar-refractivity contribution in [3.63, 3.8) is 0 Å². The van der Waals surface area contributed by atoms with Crippen LogP contribution < -0.4 is 5.73 Å². The molecule has 2 nitrogen and oxygen atoms in total. The summed E-state index contributed by atoms with van der Waals surface area (Å²) in [7, 11) is 0. The molecular weight excluding hydrogens is 172 g/mol. The van der Waals surface area contributed by atoms with Gasteiger partial charge in [0, 0.05) is 24.2 Å². The van der Waals surface area contributed by atoms with Crippen LogP contribution in [-0.2, 0) is 0 Å². The van der Waals surface area contributed by atoms with Crippen LogP contribution in [0.25, 0.3) is 0 Å². The van der Waals surface area contributed by atoms with Crippen molar-refractivity contribution in [3.8, 4) is 0 Å². The molecule has 1 fully saturated rings. The summed E-state index contributed by atoms with van der Waals surface area (Å²) >= 11 is 0. The maximum Gasteiger partial charge on any atom is 0.0213 e. The fraction of sp³-hybridized carbons (Fsp3) is 0.833. The first kappa shape index (κ1) is 11.6. The zero-order valence-electron chi connectivity index (χ0n) is 10.0. The minimum absolute atomic E-state index is 0.584. The highest BCUT2D eigenvalue weighted by atomic mass is 15.2. The van der Waals surface area contributed by atoms with Gasteiger partial charge in [-0.25, -0.2) is 0 Å². The zero-order chi connectivity index (χ0) is 10.7. The fourth-order valence-corrected chi connectivity index (χ4v) is 2.61. The van der Waals surface area contributed by atoms with Gasteiger partial charge < -0.3 is 5.73 Å². The molecule has 2 unspecified atom stereocenters. The van der Waals surface area contributed by atoms with Gasteiger partial charge in [0.1, 0.15) is 0 Å². The first-order chi connectivity index (χ1) is 6.70. The first-order valence-corrected chi connectivity index (χ1v) is 5.89. The van der Waals surface area contributed by atoms with E-state index in [1.165, 1.54) is 25.0 Å². The Labute approximate surface area is 88.2 Å². The number of nitrogens with two attached hydrogens (primary N) is 1. The maximum atomic E-state index is 6.03. The van der Waals surface area contributed by atoms with Crippen molar-refractivity contribution < 1.29 is 0 Å². The molecule has 0 radical (unpaired) electrons. The van der Waals surface area contributed by atoms with Crippen molar-refractivity contribution in [1.82, 2.24) is 4.90 Å². The summed E-state index contributed by atoms with van der Waals surface area (Å²) in [5.41, 5.74) is 8.57. The molecule has 0 aliphatic carbocycles. The summed E-state index contributed by atoms with van der Waals surface area (Å²) in [5, 5.41) is 0. The predicted molar refractivity (Wildman–Crippen MR) is 62.0 cm³/mol. The highest BCUT2D eigenvalue weighted by molar-refractivity contribution is 5.19. The minimum Gasteiger partial charge on any atom is -0.402 e. The molecule has 1 saturated heterocycles. The Morgan fingerprint density at radius 2 is 2.00 bits per heavy atom. The van der Waals surface area contributed by atoms with Crippen LogP contribution in [0.1, 0.15) is 40.5 Å². The molecule has 82 valence electrons. The van der Waals surface area contributed by atoms with Gasteiger partial charge in [0.15, 0.2) is 0 Å². The second kappa shape index (κ2) is 4.83. The van der Waals surface area contributed by atoms with Crippen molar-refractivity contribution in [1.29, 1.82) is 0 Å². The lowest BCUT2D eigenvalue weighted by Crippen LogP contribution is -2.42. The predicted octanol–water partition coefficient (Wildman–Crippen LogP) is 2.36. The van der Waals surface area contributed by atoms with E-state index in [0.717, 1.165) is 18.3 Å². The molecule has 0 spiro atoms. The lowest BCUT2D eigenvalue weighted by molar-refractivity contribution is 0.210. The second-order valence-electron chi connectivity index (χ2n) is 4.20. The van der Waals surface area contributed by atoms with Crippen LogP contribution in [0.15, 0.2) is 11.3 Å². The Hall–Kier alpha value is -0.500. The number of rotatable bonds is 0. The number of hydrogen-bond donors (Lipinski definition) is 1. The molecule has 0 saturated carbocycles. The summed E-state index contributed by atoms with van der Waals surface area (Å²) in [6.45, 7) is 10.8. The molecule has 0 aromatic heterocycles. The van der Waals surface area contributed by atoms with E-state index in [1.807, 2.05) is 13.8 Å². The third kappa shape index (κ3) is 1.95. The molecule has 14 heavy (non-hydrogen) atoms. The molecule has 2 rings (SSSR count). The van der Waals surface area contributed by atoms with Crippen LogP contribution in [0.5, 0.6) is 0 Å². The van der Waals surface area contributed by atoms with Gasteiger partial charge in [-0.1, -0.05) is 20.8 Å². The van der Waals surface area contributed by atoms with Crippen LogP contribution in [-0.4, -0.2) is 24.0 Å². The molecule has 2 heterocycles.